The SMILES string of the molecule is CN=C(NCc1ccco1)NC1CCCCC1. The van der Waals surface area contributed by atoms with E-state index in [1.165, 1.54) is 32.1 Å². The van der Waals surface area contributed by atoms with E-state index in [9.17, 15) is 0 Å². The van der Waals surface area contributed by atoms with Gasteiger partial charge in [0.05, 0.1) is 12.8 Å². The molecule has 1 aliphatic rings. The van der Waals surface area contributed by atoms with E-state index in [1.54, 1.807) is 13.3 Å². The van der Waals surface area contributed by atoms with E-state index in [0.717, 1.165) is 11.7 Å². The molecule has 0 aliphatic heterocycles. The van der Waals surface area contributed by atoms with E-state index in [0.29, 0.717) is 12.6 Å². The first-order valence-corrected chi connectivity index (χ1v) is 6.38. The Morgan fingerprint density at radius 3 is 2.88 bits per heavy atom. The molecular weight excluding hydrogens is 214 g/mol. The Labute approximate surface area is 102 Å². The zero-order valence-electron chi connectivity index (χ0n) is 10.4. The van der Waals surface area contributed by atoms with Crippen molar-refractivity contribution in [1.82, 2.24) is 10.6 Å². The van der Waals surface area contributed by atoms with Crippen molar-refractivity contribution in [2.75, 3.05) is 7.05 Å². The Bertz CT molecular complexity index is 340. The summed E-state index contributed by atoms with van der Waals surface area (Å²) in [5.41, 5.74) is 0. The van der Waals surface area contributed by atoms with Crippen LogP contribution in [0.25, 0.3) is 0 Å². The van der Waals surface area contributed by atoms with Gasteiger partial charge in [0.1, 0.15) is 5.76 Å². The number of furan rings is 1. The summed E-state index contributed by atoms with van der Waals surface area (Å²) in [5, 5.41) is 6.73. The molecule has 1 aliphatic carbocycles. The highest BCUT2D eigenvalue weighted by Crippen LogP contribution is 2.17. The molecule has 0 radical (unpaired) electrons. The molecule has 1 heterocycles. The zero-order chi connectivity index (χ0) is 11.9. The van der Waals surface area contributed by atoms with Crippen molar-refractivity contribution in [2.45, 2.75) is 44.7 Å². The molecule has 0 atom stereocenters. The summed E-state index contributed by atoms with van der Waals surface area (Å²) in [6.45, 7) is 0.680. The van der Waals surface area contributed by atoms with Gasteiger partial charge in [-0.3, -0.25) is 4.99 Å². The summed E-state index contributed by atoms with van der Waals surface area (Å²) in [7, 11) is 1.81. The third kappa shape index (κ3) is 3.80. The lowest BCUT2D eigenvalue weighted by Crippen LogP contribution is -2.43. The molecule has 0 saturated heterocycles. The van der Waals surface area contributed by atoms with Gasteiger partial charge in [0.2, 0.25) is 0 Å². The molecule has 0 amide bonds. The third-order valence-corrected chi connectivity index (χ3v) is 3.18. The van der Waals surface area contributed by atoms with Gasteiger partial charge < -0.3 is 15.1 Å². The van der Waals surface area contributed by atoms with Crippen molar-refractivity contribution in [1.29, 1.82) is 0 Å². The molecule has 94 valence electrons. The van der Waals surface area contributed by atoms with Crippen molar-refractivity contribution < 1.29 is 4.42 Å². The molecule has 17 heavy (non-hydrogen) atoms. The molecule has 1 saturated carbocycles. The Morgan fingerprint density at radius 1 is 1.41 bits per heavy atom. The van der Waals surface area contributed by atoms with E-state index in [2.05, 4.69) is 15.6 Å². The molecule has 4 nitrogen and oxygen atoms in total. The van der Waals surface area contributed by atoms with E-state index < -0.39 is 0 Å². The lowest BCUT2D eigenvalue weighted by Gasteiger charge is -2.24. The summed E-state index contributed by atoms with van der Waals surface area (Å²) in [6.07, 6.45) is 8.22. The second-order valence-electron chi connectivity index (χ2n) is 4.48. The van der Waals surface area contributed by atoms with Gasteiger partial charge >= 0.3 is 0 Å². The minimum Gasteiger partial charge on any atom is -0.467 e. The van der Waals surface area contributed by atoms with Crippen molar-refractivity contribution in [2.24, 2.45) is 4.99 Å². The van der Waals surface area contributed by atoms with Crippen LogP contribution in [-0.4, -0.2) is 19.0 Å². The second kappa shape index (κ2) is 6.33. The highest BCUT2D eigenvalue weighted by Gasteiger charge is 2.14. The molecule has 1 aromatic heterocycles. The fourth-order valence-electron chi connectivity index (χ4n) is 2.22. The fourth-order valence-corrected chi connectivity index (χ4v) is 2.22. The van der Waals surface area contributed by atoms with Crippen LogP contribution in [0, 0.1) is 0 Å². The summed E-state index contributed by atoms with van der Waals surface area (Å²) < 4.78 is 5.27. The van der Waals surface area contributed by atoms with Crippen molar-refractivity contribution in [3.05, 3.63) is 24.2 Å². The lowest BCUT2D eigenvalue weighted by atomic mass is 9.96. The Morgan fingerprint density at radius 2 is 2.24 bits per heavy atom. The van der Waals surface area contributed by atoms with Gasteiger partial charge in [0, 0.05) is 13.1 Å². The maximum absolute atomic E-state index is 5.27. The van der Waals surface area contributed by atoms with Gasteiger partial charge in [-0.2, -0.15) is 0 Å². The Balaban J connectivity index is 1.76. The molecule has 0 aromatic carbocycles. The molecule has 0 spiro atoms. The number of aliphatic imine (C=N–C) groups is 1. The first-order valence-electron chi connectivity index (χ1n) is 6.38. The Kier molecular flexibility index (Phi) is 4.47. The summed E-state index contributed by atoms with van der Waals surface area (Å²) in [6, 6.07) is 4.43. The van der Waals surface area contributed by atoms with Gasteiger partial charge in [-0.05, 0) is 25.0 Å². The Hall–Kier alpha value is -1.45. The number of rotatable bonds is 3. The summed E-state index contributed by atoms with van der Waals surface area (Å²) in [4.78, 5) is 4.23. The van der Waals surface area contributed by atoms with Crippen molar-refractivity contribution in [3.63, 3.8) is 0 Å². The van der Waals surface area contributed by atoms with Crippen LogP contribution in [-0.2, 0) is 6.54 Å². The van der Waals surface area contributed by atoms with Gasteiger partial charge in [0.25, 0.3) is 0 Å². The standard InChI is InChI=1S/C13H21N3O/c1-14-13(15-10-12-8-5-9-17-12)16-11-6-3-2-4-7-11/h5,8-9,11H,2-4,6-7,10H2,1H3,(H2,14,15,16). The largest absolute Gasteiger partial charge is 0.467 e. The first-order chi connectivity index (χ1) is 8.38. The first kappa shape index (κ1) is 12.0. The van der Waals surface area contributed by atoms with E-state index in [4.69, 9.17) is 4.42 Å². The molecule has 4 heteroatoms. The number of nitrogens with one attached hydrogen (secondary N) is 2. The van der Waals surface area contributed by atoms with E-state index in [-0.39, 0.29) is 0 Å². The average molecular weight is 235 g/mol. The maximum Gasteiger partial charge on any atom is 0.191 e. The quantitative estimate of drug-likeness (QED) is 0.624. The van der Waals surface area contributed by atoms with Crippen LogP contribution in [0.5, 0.6) is 0 Å². The summed E-state index contributed by atoms with van der Waals surface area (Å²) >= 11 is 0. The monoisotopic (exact) mass is 235 g/mol. The predicted molar refractivity (Wildman–Crippen MR) is 68.9 cm³/mol. The third-order valence-electron chi connectivity index (χ3n) is 3.18. The van der Waals surface area contributed by atoms with Gasteiger partial charge in [-0.1, -0.05) is 19.3 Å². The number of hydrogen-bond acceptors (Lipinski definition) is 2. The highest BCUT2D eigenvalue weighted by atomic mass is 16.3. The van der Waals surface area contributed by atoms with Crippen LogP contribution in [0.4, 0.5) is 0 Å². The number of nitrogens with zero attached hydrogens (tertiary/aromatic N) is 1. The number of hydrogen-bond donors (Lipinski definition) is 2. The molecular formula is C13H21N3O. The smallest absolute Gasteiger partial charge is 0.191 e. The molecule has 2 rings (SSSR count). The molecule has 1 aromatic rings. The lowest BCUT2D eigenvalue weighted by molar-refractivity contribution is 0.409. The van der Waals surface area contributed by atoms with Crippen LogP contribution in [0.1, 0.15) is 37.9 Å². The fraction of sp³-hybridized carbons (Fsp3) is 0.615. The molecule has 0 bridgehead atoms. The van der Waals surface area contributed by atoms with Crippen LogP contribution < -0.4 is 10.6 Å². The summed E-state index contributed by atoms with van der Waals surface area (Å²) in [5.74, 6) is 1.80. The van der Waals surface area contributed by atoms with Crippen LogP contribution >= 0.6 is 0 Å². The van der Waals surface area contributed by atoms with Crippen LogP contribution in [0.3, 0.4) is 0 Å². The van der Waals surface area contributed by atoms with Gasteiger partial charge in [-0.15, -0.1) is 0 Å². The molecule has 2 N–H and O–H groups in total. The second-order valence-corrected chi connectivity index (χ2v) is 4.48. The number of guanidine groups is 1. The molecule has 0 unspecified atom stereocenters. The van der Waals surface area contributed by atoms with E-state index >= 15 is 0 Å². The van der Waals surface area contributed by atoms with Crippen molar-refractivity contribution >= 4 is 5.96 Å². The normalized spacial score (nSPS) is 18.1. The highest BCUT2D eigenvalue weighted by molar-refractivity contribution is 5.79. The minimum absolute atomic E-state index is 0.576. The van der Waals surface area contributed by atoms with Gasteiger partial charge in [-0.25, -0.2) is 0 Å². The zero-order valence-corrected chi connectivity index (χ0v) is 10.4. The van der Waals surface area contributed by atoms with Crippen LogP contribution in [0.2, 0.25) is 0 Å². The van der Waals surface area contributed by atoms with Crippen molar-refractivity contribution in [3.8, 4) is 0 Å². The topological polar surface area (TPSA) is 49.6 Å². The maximum atomic E-state index is 5.27. The average Bonchev–Trinajstić information content (AvgIpc) is 2.89. The van der Waals surface area contributed by atoms with Gasteiger partial charge in [0.15, 0.2) is 5.96 Å². The van der Waals surface area contributed by atoms with Crippen LogP contribution in [0.15, 0.2) is 27.8 Å². The minimum atomic E-state index is 0.576. The van der Waals surface area contributed by atoms with E-state index in [1.807, 2.05) is 12.1 Å². The molecule has 1 fully saturated rings. The predicted octanol–water partition coefficient (Wildman–Crippen LogP) is 2.28.